The number of carbonyl (C=O) groups is 2. The van der Waals surface area contributed by atoms with Gasteiger partial charge < -0.3 is 15.4 Å². The van der Waals surface area contributed by atoms with Gasteiger partial charge in [0.1, 0.15) is 5.75 Å². The number of urea groups is 1. The Labute approximate surface area is 139 Å². The summed E-state index contributed by atoms with van der Waals surface area (Å²) in [6.45, 7) is 2.23. The minimum atomic E-state index is -0.479. The topological polar surface area (TPSA) is 67.4 Å². The predicted octanol–water partition coefficient (Wildman–Crippen LogP) is 3.74. The molecule has 0 atom stereocenters. The Hall–Kier alpha value is -2.53. The average Bonchev–Trinajstić information content (AvgIpc) is 2.54. The van der Waals surface area contributed by atoms with Gasteiger partial charge in [-0.3, -0.25) is 4.79 Å². The molecule has 0 fully saturated rings. The minimum Gasteiger partial charge on any atom is -0.492 e. The number of hydrogen-bond donors (Lipinski definition) is 2. The van der Waals surface area contributed by atoms with Crippen LogP contribution in [0.25, 0.3) is 0 Å². The first-order valence-electron chi connectivity index (χ1n) is 7.15. The number of ether oxygens (including phenoxy) is 1. The highest BCUT2D eigenvalue weighted by molar-refractivity contribution is 6.31. The molecule has 2 aromatic carbocycles. The number of para-hydroxylation sites is 2. The molecule has 23 heavy (non-hydrogen) atoms. The molecule has 6 heteroatoms. The molecule has 0 spiro atoms. The first-order chi connectivity index (χ1) is 11.1. The third-order valence-electron chi connectivity index (χ3n) is 2.99. The van der Waals surface area contributed by atoms with Crippen LogP contribution in [0.1, 0.15) is 17.3 Å². The van der Waals surface area contributed by atoms with E-state index in [4.69, 9.17) is 16.3 Å². The van der Waals surface area contributed by atoms with Gasteiger partial charge in [-0.15, -0.1) is 0 Å². The molecular weight excluding hydrogens is 316 g/mol. The normalized spacial score (nSPS) is 10.0. The number of hydrogen-bond acceptors (Lipinski definition) is 3. The Morgan fingerprint density at radius 3 is 2.65 bits per heavy atom. The molecule has 0 saturated carbocycles. The van der Waals surface area contributed by atoms with Gasteiger partial charge in [0, 0.05) is 10.6 Å². The molecule has 0 radical (unpaired) electrons. The molecule has 2 amide bonds. The fraction of sp³-hybridized carbons (Fsp3) is 0.176. The largest absolute Gasteiger partial charge is 0.492 e. The maximum atomic E-state index is 12.0. The number of amides is 2. The van der Waals surface area contributed by atoms with E-state index in [0.717, 1.165) is 0 Å². The molecule has 2 aromatic rings. The Morgan fingerprint density at radius 2 is 1.91 bits per heavy atom. The number of anilines is 1. The number of rotatable bonds is 6. The van der Waals surface area contributed by atoms with Crippen molar-refractivity contribution in [3.8, 4) is 5.75 Å². The monoisotopic (exact) mass is 332 g/mol. The van der Waals surface area contributed by atoms with Crippen molar-refractivity contribution in [1.82, 2.24) is 5.32 Å². The van der Waals surface area contributed by atoms with Gasteiger partial charge in [0.15, 0.2) is 5.78 Å². The quantitative estimate of drug-likeness (QED) is 0.792. The zero-order chi connectivity index (χ0) is 16.7. The van der Waals surface area contributed by atoms with Gasteiger partial charge in [0.2, 0.25) is 0 Å². The standard InChI is InChI=1S/C17H17ClN2O3/c1-2-23-16-9-4-3-8-14(16)20-17(22)19-11-15(21)12-6-5-7-13(18)10-12/h3-10H,2,11H2,1H3,(H2,19,20,22). The number of halogens is 1. The molecule has 0 bridgehead atoms. The summed E-state index contributed by atoms with van der Waals surface area (Å²) >= 11 is 5.84. The van der Waals surface area contributed by atoms with Crippen LogP contribution in [-0.2, 0) is 0 Å². The lowest BCUT2D eigenvalue weighted by molar-refractivity contribution is 0.0993. The van der Waals surface area contributed by atoms with Crippen LogP contribution in [-0.4, -0.2) is 25.0 Å². The van der Waals surface area contributed by atoms with E-state index in [1.54, 1.807) is 42.5 Å². The van der Waals surface area contributed by atoms with Gasteiger partial charge in [-0.2, -0.15) is 0 Å². The number of nitrogens with one attached hydrogen (secondary N) is 2. The number of ketones is 1. The fourth-order valence-corrected chi connectivity index (χ4v) is 2.13. The first kappa shape index (κ1) is 16.8. The van der Waals surface area contributed by atoms with Crippen molar-refractivity contribution in [2.45, 2.75) is 6.92 Å². The van der Waals surface area contributed by atoms with Crippen molar-refractivity contribution in [3.05, 3.63) is 59.1 Å². The van der Waals surface area contributed by atoms with Crippen LogP contribution in [0.15, 0.2) is 48.5 Å². The third-order valence-corrected chi connectivity index (χ3v) is 3.23. The number of carbonyl (C=O) groups excluding carboxylic acids is 2. The molecule has 0 heterocycles. The Balaban J connectivity index is 1.92. The highest BCUT2D eigenvalue weighted by atomic mass is 35.5. The fourth-order valence-electron chi connectivity index (χ4n) is 1.94. The van der Waals surface area contributed by atoms with Crippen LogP contribution in [0.5, 0.6) is 5.75 Å². The van der Waals surface area contributed by atoms with Crippen molar-refractivity contribution in [2.75, 3.05) is 18.5 Å². The summed E-state index contributed by atoms with van der Waals surface area (Å²) in [5.41, 5.74) is 0.995. The van der Waals surface area contributed by atoms with E-state index in [1.165, 1.54) is 0 Å². The molecule has 0 aromatic heterocycles. The Morgan fingerprint density at radius 1 is 1.13 bits per heavy atom. The highest BCUT2D eigenvalue weighted by Crippen LogP contribution is 2.23. The second kappa shape index (κ2) is 8.19. The predicted molar refractivity (Wildman–Crippen MR) is 90.4 cm³/mol. The summed E-state index contributed by atoms with van der Waals surface area (Å²) in [6.07, 6.45) is 0. The van der Waals surface area contributed by atoms with Crippen molar-refractivity contribution in [1.29, 1.82) is 0 Å². The van der Waals surface area contributed by atoms with Gasteiger partial charge in [0.05, 0.1) is 18.8 Å². The maximum absolute atomic E-state index is 12.0. The molecule has 0 aliphatic carbocycles. The van der Waals surface area contributed by atoms with Gasteiger partial charge in [-0.25, -0.2) is 4.79 Å². The molecule has 2 N–H and O–H groups in total. The van der Waals surface area contributed by atoms with Gasteiger partial charge in [-0.05, 0) is 31.2 Å². The lowest BCUT2D eigenvalue weighted by Crippen LogP contribution is -2.33. The zero-order valence-electron chi connectivity index (χ0n) is 12.6. The van der Waals surface area contributed by atoms with E-state index < -0.39 is 6.03 Å². The Bertz CT molecular complexity index is 704. The molecule has 2 rings (SSSR count). The summed E-state index contributed by atoms with van der Waals surface area (Å²) in [4.78, 5) is 23.9. The second-order valence-electron chi connectivity index (χ2n) is 4.67. The summed E-state index contributed by atoms with van der Waals surface area (Å²) in [5, 5.41) is 5.66. The van der Waals surface area contributed by atoms with Crippen molar-refractivity contribution >= 4 is 29.1 Å². The van der Waals surface area contributed by atoms with Crippen LogP contribution in [0.4, 0.5) is 10.5 Å². The van der Waals surface area contributed by atoms with E-state index in [1.807, 2.05) is 13.0 Å². The zero-order valence-corrected chi connectivity index (χ0v) is 13.4. The van der Waals surface area contributed by atoms with E-state index in [0.29, 0.717) is 28.6 Å². The van der Waals surface area contributed by atoms with Crippen molar-refractivity contribution < 1.29 is 14.3 Å². The lowest BCUT2D eigenvalue weighted by atomic mass is 10.1. The van der Waals surface area contributed by atoms with Crippen LogP contribution in [0, 0.1) is 0 Å². The SMILES string of the molecule is CCOc1ccccc1NC(=O)NCC(=O)c1cccc(Cl)c1. The van der Waals surface area contributed by atoms with E-state index >= 15 is 0 Å². The minimum absolute atomic E-state index is 0.122. The molecule has 0 aliphatic rings. The maximum Gasteiger partial charge on any atom is 0.319 e. The summed E-state index contributed by atoms with van der Waals surface area (Å²) in [5.74, 6) is 0.354. The van der Waals surface area contributed by atoms with E-state index in [9.17, 15) is 9.59 Å². The first-order valence-corrected chi connectivity index (χ1v) is 7.53. The van der Waals surface area contributed by atoms with Crippen LogP contribution >= 0.6 is 11.6 Å². The molecule has 0 aliphatic heterocycles. The highest BCUT2D eigenvalue weighted by Gasteiger charge is 2.10. The summed E-state index contributed by atoms with van der Waals surface area (Å²) in [7, 11) is 0. The average molecular weight is 333 g/mol. The van der Waals surface area contributed by atoms with Crippen LogP contribution in [0.2, 0.25) is 5.02 Å². The van der Waals surface area contributed by atoms with Gasteiger partial charge >= 0.3 is 6.03 Å². The number of benzene rings is 2. The van der Waals surface area contributed by atoms with E-state index in [2.05, 4.69) is 10.6 Å². The molecule has 120 valence electrons. The number of Topliss-reactive ketones (excluding diaryl/α,β-unsaturated/α-hetero) is 1. The van der Waals surface area contributed by atoms with Gasteiger partial charge in [0.25, 0.3) is 0 Å². The van der Waals surface area contributed by atoms with E-state index in [-0.39, 0.29) is 12.3 Å². The molecule has 5 nitrogen and oxygen atoms in total. The molecule has 0 unspecified atom stereocenters. The molecule has 0 saturated heterocycles. The smallest absolute Gasteiger partial charge is 0.319 e. The Kier molecular flexibility index (Phi) is 6.00. The van der Waals surface area contributed by atoms with Crippen LogP contribution < -0.4 is 15.4 Å². The van der Waals surface area contributed by atoms with Crippen molar-refractivity contribution in [2.24, 2.45) is 0 Å². The lowest BCUT2D eigenvalue weighted by Gasteiger charge is -2.11. The van der Waals surface area contributed by atoms with Crippen LogP contribution in [0.3, 0.4) is 0 Å². The summed E-state index contributed by atoms with van der Waals surface area (Å²) < 4.78 is 5.42. The van der Waals surface area contributed by atoms with Gasteiger partial charge in [-0.1, -0.05) is 35.9 Å². The second-order valence-corrected chi connectivity index (χ2v) is 5.11. The molecular formula is C17H17ClN2O3. The third kappa shape index (κ3) is 5.00. The van der Waals surface area contributed by atoms with Crippen molar-refractivity contribution in [3.63, 3.8) is 0 Å². The summed E-state index contributed by atoms with van der Waals surface area (Å²) in [6, 6.07) is 13.2.